The topological polar surface area (TPSA) is 49.8 Å². The van der Waals surface area contributed by atoms with Gasteiger partial charge in [-0.2, -0.15) is 13.2 Å². The predicted octanol–water partition coefficient (Wildman–Crippen LogP) is 1.38. The Labute approximate surface area is 107 Å². The number of morpholine rings is 1. The van der Waals surface area contributed by atoms with Gasteiger partial charge in [-0.15, -0.1) is 0 Å². The van der Waals surface area contributed by atoms with Crippen molar-refractivity contribution in [3.8, 4) is 0 Å². The molecule has 19 heavy (non-hydrogen) atoms. The number of rotatable bonds is 2. The van der Waals surface area contributed by atoms with Gasteiger partial charge in [0.2, 0.25) is 6.29 Å². The summed E-state index contributed by atoms with van der Waals surface area (Å²) in [5.74, 6) is -0.719. The summed E-state index contributed by atoms with van der Waals surface area (Å²) in [5, 5.41) is 9.22. The molecule has 2 rings (SSSR count). The lowest BCUT2D eigenvalue weighted by atomic mass is 10.1. The maximum atomic E-state index is 12.8. The predicted molar refractivity (Wildman–Crippen MR) is 58.8 cm³/mol. The lowest BCUT2D eigenvalue weighted by Gasteiger charge is -2.30. The number of aliphatic hydroxyl groups is 1. The van der Waals surface area contributed by atoms with Crippen molar-refractivity contribution in [2.75, 3.05) is 13.2 Å². The number of ether oxygens (including phenoxy) is 1. The van der Waals surface area contributed by atoms with E-state index in [0.717, 1.165) is 11.0 Å². The first-order chi connectivity index (χ1) is 8.89. The molecule has 1 aliphatic heterocycles. The monoisotopic (exact) mass is 275 g/mol. The van der Waals surface area contributed by atoms with Crippen LogP contribution in [0.5, 0.6) is 0 Å². The fourth-order valence-corrected chi connectivity index (χ4v) is 1.91. The largest absolute Gasteiger partial charge is 0.416 e. The Balaban J connectivity index is 2.22. The van der Waals surface area contributed by atoms with Crippen LogP contribution in [0.25, 0.3) is 0 Å². The molecule has 1 N–H and O–H groups in total. The fraction of sp³-hybridized carbons (Fsp3) is 0.417. The molecule has 1 aromatic carbocycles. The third kappa shape index (κ3) is 3.05. The molecule has 7 heteroatoms. The molecule has 0 spiro atoms. The smallest absolute Gasteiger partial charge is 0.361 e. The molecule has 1 unspecified atom stereocenters. The van der Waals surface area contributed by atoms with Crippen LogP contribution < -0.4 is 0 Å². The summed E-state index contributed by atoms with van der Waals surface area (Å²) in [7, 11) is 0. The number of aliphatic hydroxyl groups excluding tert-OH is 1. The molecule has 1 fully saturated rings. The summed E-state index contributed by atoms with van der Waals surface area (Å²) in [6.45, 7) is 0.0537. The third-order valence-corrected chi connectivity index (χ3v) is 2.84. The number of hydrogen-bond donors (Lipinski definition) is 1. The van der Waals surface area contributed by atoms with Crippen LogP contribution in [0.15, 0.2) is 24.3 Å². The van der Waals surface area contributed by atoms with Crippen molar-refractivity contribution in [1.82, 2.24) is 4.90 Å². The lowest BCUT2D eigenvalue weighted by Crippen LogP contribution is -2.47. The lowest BCUT2D eigenvalue weighted by molar-refractivity contribution is -0.184. The Bertz CT molecular complexity index is 476. The van der Waals surface area contributed by atoms with Crippen LogP contribution in [-0.4, -0.2) is 35.4 Å². The van der Waals surface area contributed by atoms with Gasteiger partial charge in [-0.25, -0.2) is 0 Å². The maximum absolute atomic E-state index is 12.8. The molecule has 1 atom stereocenters. The zero-order valence-electron chi connectivity index (χ0n) is 9.85. The minimum absolute atomic E-state index is 0.00236. The number of benzene rings is 1. The average Bonchev–Trinajstić information content (AvgIpc) is 2.34. The molecule has 0 aromatic heterocycles. The summed E-state index contributed by atoms with van der Waals surface area (Å²) >= 11 is 0. The summed E-state index contributed by atoms with van der Waals surface area (Å²) in [6.07, 6.45) is -6.06. The average molecular weight is 275 g/mol. The summed E-state index contributed by atoms with van der Waals surface area (Å²) in [6, 6.07) is 5.06. The van der Waals surface area contributed by atoms with E-state index >= 15 is 0 Å². The van der Waals surface area contributed by atoms with Gasteiger partial charge < -0.3 is 14.7 Å². The molecular weight excluding hydrogens is 263 g/mol. The van der Waals surface area contributed by atoms with E-state index in [1.54, 1.807) is 0 Å². The second-order valence-electron chi connectivity index (χ2n) is 4.14. The molecule has 104 valence electrons. The van der Waals surface area contributed by atoms with Crippen LogP contribution in [-0.2, 0) is 22.3 Å². The van der Waals surface area contributed by atoms with E-state index in [0.29, 0.717) is 0 Å². The molecule has 0 radical (unpaired) electrons. The second-order valence-corrected chi connectivity index (χ2v) is 4.14. The van der Waals surface area contributed by atoms with Crippen molar-refractivity contribution in [3.63, 3.8) is 0 Å². The van der Waals surface area contributed by atoms with Crippen LogP contribution in [0, 0.1) is 0 Å². The van der Waals surface area contributed by atoms with Crippen molar-refractivity contribution >= 4 is 5.91 Å². The number of nitrogens with zero attached hydrogens (tertiary/aromatic N) is 1. The van der Waals surface area contributed by atoms with E-state index < -0.39 is 23.9 Å². The molecule has 0 bridgehead atoms. The van der Waals surface area contributed by atoms with E-state index in [-0.39, 0.29) is 25.3 Å². The van der Waals surface area contributed by atoms with Gasteiger partial charge in [0.15, 0.2) is 0 Å². The number of carbonyl (C=O) groups is 1. The number of alkyl halides is 3. The highest BCUT2D eigenvalue weighted by molar-refractivity contribution is 5.79. The maximum Gasteiger partial charge on any atom is 0.416 e. The van der Waals surface area contributed by atoms with Crippen molar-refractivity contribution in [2.45, 2.75) is 19.0 Å². The second kappa shape index (κ2) is 5.18. The molecule has 1 aromatic rings. The molecule has 1 saturated heterocycles. The number of halogens is 3. The highest BCUT2D eigenvalue weighted by atomic mass is 19.4. The Morgan fingerprint density at radius 3 is 2.74 bits per heavy atom. The first kappa shape index (κ1) is 13.8. The number of amides is 1. The molecule has 0 aliphatic carbocycles. The number of hydrogen-bond acceptors (Lipinski definition) is 3. The standard InChI is InChI=1S/C12H12F3NO3/c13-12(14,15)9-4-2-1-3-8(9)7-16-5-6-19-11(18)10(16)17/h1-4,11,18H,5-7H2. The third-order valence-electron chi connectivity index (χ3n) is 2.84. The molecule has 4 nitrogen and oxygen atoms in total. The van der Waals surface area contributed by atoms with Crippen LogP contribution in [0.4, 0.5) is 13.2 Å². The number of carbonyl (C=O) groups excluding carboxylic acids is 1. The highest BCUT2D eigenvalue weighted by Gasteiger charge is 2.35. The molecule has 1 amide bonds. The normalized spacial score (nSPS) is 20.7. The molecular formula is C12H12F3NO3. The van der Waals surface area contributed by atoms with Crippen LogP contribution in [0.2, 0.25) is 0 Å². The van der Waals surface area contributed by atoms with Crippen LogP contribution >= 0.6 is 0 Å². The first-order valence-corrected chi connectivity index (χ1v) is 5.63. The van der Waals surface area contributed by atoms with Gasteiger partial charge >= 0.3 is 6.18 Å². The Hall–Kier alpha value is -1.60. The fourth-order valence-electron chi connectivity index (χ4n) is 1.91. The Morgan fingerprint density at radius 2 is 2.05 bits per heavy atom. The molecule has 1 aliphatic rings. The minimum atomic E-state index is -4.47. The zero-order chi connectivity index (χ0) is 14.0. The highest BCUT2D eigenvalue weighted by Crippen LogP contribution is 2.32. The van der Waals surface area contributed by atoms with Gasteiger partial charge in [-0.3, -0.25) is 4.79 Å². The van der Waals surface area contributed by atoms with Crippen molar-refractivity contribution in [1.29, 1.82) is 0 Å². The van der Waals surface area contributed by atoms with Gasteiger partial charge in [0.1, 0.15) is 0 Å². The van der Waals surface area contributed by atoms with E-state index in [1.807, 2.05) is 0 Å². The van der Waals surface area contributed by atoms with Gasteiger partial charge in [0.05, 0.1) is 12.2 Å². The van der Waals surface area contributed by atoms with E-state index in [1.165, 1.54) is 18.2 Å². The summed E-state index contributed by atoms with van der Waals surface area (Å²) in [5.41, 5.74) is -0.777. The minimum Gasteiger partial charge on any atom is -0.361 e. The van der Waals surface area contributed by atoms with Crippen molar-refractivity contribution in [2.24, 2.45) is 0 Å². The quantitative estimate of drug-likeness (QED) is 0.887. The van der Waals surface area contributed by atoms with E-state index in [4.69, 9.17) is 4.74 Å². The van der Waals surface area contributed by atoms with Gasteiger partial charge in [-0.05, 0) is 11.6 Å². The molecule has 0 saturated carbocycles. The molecule has 1 heterocycles. The Morgan fingerprint density at radius 1 is 1.37 bits per heavy atom. The van der Waals surface area contributed by atoms with Crippen molar-refractivity contribution in [3.05, 3.63) is 35.4 Å². The summed E-state index contributed by atoms with van der Waals surface area (Å²) < 4.78 is 43.1. The van der Waals surface area contributed by atoms with Gasteiger partial charge in [0, 0.05) is 13.1 Å². The van der Waals surface area contributed by atoms with E-state index in [9.17, 15) is 23.1 Å². The SMILES string of the molecule is O=C1C(O)OCCN1Cc1ccccc1C(F)(F)F. The summed E-state index contributed by atoms with van der Waals surface area (Å²) in [4.78, 5) is 12.7. The van der Waals surface area contributed by atoms with Gasteiger partial charge in [0.25, 0.3) is 5.91 Å². The Kier molecular flexibility index (Phi) is 3.77. The zero-order valence-corrected chi connectivity index (χ0v) is 9.85. The van der Waals surface area contributed by atoms with Crippen molar-refractivity contribution < 1.29 is 27.8 Å². The van der Waals surface area contributed by atoms with E-state index in [2.05, 4.69) is 0 Å². The first-order valence-electron chi connectivity index (χ1n) is 5.63. The van der Waals surface area contributed by atoms with Gasteiger partial charge in [-0.1, -0.05) is 18.2 Å². The van der Waals surface area contributed by atoms with Crippen LogP contribution in [0.1, 0.15) is 11.1 Å². The van der Waals surface area contributed by atoms with Crippen LogP contribution in [0.3, 0.4) is 0 Å².